The average molecular weight is 466 g/mol. The van der Waals surface area contributed by atoms with Crippen molar-refractivity contribution in [2.75, 3.05) is 13.2 Å². The molecule has 0 aliphatic carbocycles. The van der Waals surface area contributed by atoms with Gasteiger partial charge in [0.25, 0.3) is 5.91 Å². The van der Waals surface area contributed by atoms with Gasteiger partial charge in [-0.25, -0.2) is 13.6 Å². The minimum Gasteiger partial charge on any atom is -0.464 e. The summed E-state index contributed by atoms with van der Waals surface area (Å²) in [5.74, 6) is -3.08. The van der Waals surface area contributed by atoms with E-state index in [9.17, 15) is 18.4 Å². The molecule has 0 spiro atoms. The van der Waals surface area contributed by atoms with E-state index >= 15 is 0 Å². The molecular formula is C27H41F2NO3. The zero-order chi connectivity index (χ0) is 23.9. The van der Waals surface area contributed by atoms with E-state index in [2.05, 4.69) is 6.92 Å². The van der Waals surface area contributed by atoms with Crippen LogP contribution in [-0.2, 0) is 9.53 Å². The van der Waals surface area contributed by atoms with Gasteiger partial charge in [0.05, 0.1) is 6.61 Å². The highest BCUT2D eigenvalue weighted by atomic mass is 19.1. The Morgan fingerprint density at radius 3 is 1.94 bits per heavy atom. The first-order chi connectivity index (χ1) is 16.1. The van der Waals surface area contributed by atoms with Gasteiger partial charge in [-0.3, -0.25) is 4.79 Å². The van der Waals surface area contributed by atoms with Crippen molar-refractivity contribution in [3.63, 3.8) is 0 Å². The van der Waals surface area contributed by atoms with E-state index < -0.39 is 35.1 Å². The van der Waals surface area contributed by atoms with Gasteiger partial charge in [0, 0.05) is 6.54 Å². The Bertz CT molecular complexity index is 705. The molecule has 1 heterocycles. The third-order valence-electron chi connectivity index (χ3n) is 6.45. The van der Waals surface area contributed by atoms with E-state index in [0.717, 1.165) is 31.4 Å². The van der Waals surface area contributed by atoms with Gasteiger partial charge in [-0.15, -0.1) is 0 Å². The van der Waals surface area contributed by atoms with Crippen LogP contribution in [0.25, 0.3) is 0 Å². The molecule has 2 rings (SSSR count). The number of amides is 1. The molecule has 1 atom stereocenters. The minimum atomic E-state index is -0.911. The van der Waals surface area contributed by atoms with E-state index in [1.165, 1.54) is 75.2 Å². The zero-order valence-electron chi connectivity index (χ0n) is 20.3. The monoisotopic (exact) mass is 465 g/mol. The van der Waals surface area contributed by atoms with Gasteiger partial charge in [0.15, 0.2) is 0 Å². The van der Waals surface area contributed by atoms with Crippen LogP contribution in [0.15, 0.2) is 18.2 Å². The minimum absolute atomic E-state index is 0.297. The topological polar surface area (TPSA) is 46.6 Å². The maximum atomic E-state index is 14.0. The number of unbranched alkanes of at least 4 members (excludes halogenated alkanes) is 12. The molecule has 1 amide bonds. The van der Waals surface area contributed by atoms with Crippen molar-refractivity contribution in [2.45, 2.75) is 109 Å². The molecular weight excluding hydrogens is 424 g/mol. The lowest BCUT2D eigenvalue weighted by Crippen LogP contribution is -2.42. The fraction of sp³-hybridized carbons (Fsp3) is 0.704. The number of hydrogen-bond donors (Lipinski definition) is 0. The summed E-state index contributed by atoms with van der Waals surface area (Å²) < 4.78 is 33.3. The SMILES string of the molecule is CCCCCCCCCCCCCCCOC(=O)C1CCCN1C(=O)c1c(F)cccc1F. The molecule has 0 N–H and O–H groups in total. The number of benzene rings is 1. The number of likely N-dealkylation sites (tertiary alicyclic amines) is 1. The van der Waals surface area contributed by atoms with Crippen LogP contribution in [0.4, 0.5) is 8.78 Å². The molecule has 1 saturated heterocycles. The maximum Gasteiger partial charge on any atom is 0.328 e. The van der Waals surface area contributed by atoms with Crippen molar-refractivity contribution >= 4 is 11.9 Å². The fourth-order valence-electron chi connectivity index (χ4n) is 4.49. The van der Waals surface area contributed by atoms with E-state index in [0.29, 0.717) is 26.0 Å². The smallest absolute Gasteiger partial charge is 0.328 e. The van der Waals surface area contributed by atoms with Crippen LogP contribution < -0.4 is 0 Å². The molecule has 1 aliphatic rings. The van der Waals surface area contributed by atoms with Gasteiger partial charge < -0.3 is 9.64 Å². The Labute approximate surface area is 198 Å². The summed E-state index contributed by atoms with van der Waals surface area (Å²) in [4.78, 5) is 26.4. The average Bonchev–Trinajstić information content (AvgIpc) is 3.29. The van der Waals surface area contributed by atoms with Crippen molar-refractivity contribution in [3.8, 4) is 0 Å². The molecule has 1 aliphatic heterocycles. The maximum absolute atomic E-state index is 14.0. The summed E-state index contributed by atoms with van der Waals surface area (Å²) in [6.07, 6.45) is 17.2. The van der Waals surface area contributed by atoms with E-state index in [1.54, 1.807) is 0 Å². The number of ether oxygens (including phenoxy) is 1. The normalized spacial score (nSPS) is 15.7. The van der Waals surface area contributed by atoms with Gasteiger partial charge in [0.2, 0.25) is 0 Å². The van der Waals surface area contributed by atoms with Crippen molar-refractivity contribution in [1.82, 2.24) is 4.90 Å². The van der Waals surface area contributed by atoms with Crippen LogP contribution in [0.2, 0.25) is 0 Å². The van der Waals surface area contributed by atoms with Crippen LogP contribution in [0.5, 0.6) is 0 Å². The summed E-state index contributed by atoms with van der Waals surface area (Å²) >= 11 is 0. The summed E-state index contributed by atoms with van der Waals surface area (Å²) in [5.41, 5.74) is -0.603. The van der Waals surface area contributed by atoms with E-state index in [1.807, 2.05) is 0 Å². The van der Waals surface area contributed by atoms with Crippen molar-refractivity contribution in [3.05, 3.63) is 35.4 Å². The molecule has 0 radical (unpaired) electrons. The van der Waals surface area contributed by atoms with Gasteiger partial charge >= 0.3 is 5.97 Å². The number of rotatable bonds is 16. The molecule has 33 heavy (non-hydrogen) atoms. The summed E-state index contributed by atoms with van der Waals surface area (Å²) in [5, 5.41) is 0. The standard InChI is InChI=1S/C27H41F2NO3/c1-2-3-4-5-6-7-8-9-10-11-12-13-14-21-33-27(32)24-19-16-20-30(24)26(31)25-22(28)17-15-18-23(25)29/h15,17-18,24H,2-14,16,19-21H2,1H3. The zero-order valence-corrected chi connectivity index (χ0v) is 20.3. The highest BCUT2D eigenvalue weighted by molar-refractivity contribution is 5.97. The largest absolute Gasteiger partial charge is 0.464 e. The third-order valence-corrected chi connectivity index (χ3v) is 6.45. The Morgan fingerprint density at radius 1 is 0.879 bits per heavy atom. The third kappa shape index (κ3) is 9.42. The molecule has 6 heteroatoms. The van der Waals surface area contributed by atoms with Crippen molar-refractivity contribution in [1.29, 1.82) is 0 Å². The van der Waals surface area contributed by atoms with Crippen LogP contribution in [0, 0.1) is 11.6 Å². The Morgan fingerprint density at radius 2 is 1.39 bits per heavy atom. The van der Waals surface area contributed by atoms with Crippen molar-refractivity contribution in [2.24, 2.45) is 0 Å². The predicted molar refractivity (Wildman–Crippen MR) is 127 cm³/mol. The van der Waals surface area contributed by atoms with Gasteiger partial charge in [-0.05, 0) is 31.4 Å². The van der Waals surface area contributed by atoms with Gasteiger partial charge in [0.1, 0.15) is 23.2 Å². The molecule has 0 saturated carbocycles. The first kappa shape index (κ1) is 27.3. The van der Waals surface area contributed by atoms with Gasteiger partial charge in [-0.1, -0.05) is 90.0 Å². The Kier molecular flexibility index (Phi) is 13.0. The van der Waals surface area contributed by atoms with E-state index in [4.69, 9.17) is 4.74 Å². The first-order valence-electron chi connectivity index (χ1n) is 13.0. The second-order valence-electron chi connectivity index (χ2n) is 9.16. The number of carbonyl (C=O) groups is 2. The molecule has 1 aromatic rings. The molecule has 186 valence electrons. The second kappa shape index (κ2) is 15.8. The summed E-state index contributed by atoms with van der Waals surface area (Å²) in [6.45, 7) is 2.86. The lowest BCUT2D eigenvalue weighted by Gasteiger charge is -2.23. The fourth-order valence-corrected chi connectivity index (χ4v) is 4.49. The second-order valence-corrected chi connectivity index (χ2v) is 9.16. The first-order valence-corrected chi connectivity index (χ1v) is 13.0. The van der Waals surface area contributed by atoms with E-state index in [-0.39, 0.29) is 0 Å². The van der Waals surface area contributed by atoms with Gasteiger partial charge in [-0.2, -0.15) is 0 Å². The number of hydrogen-bond acceptors (Lipinski definition) is 3. The number of halogens is 2. The summed E-state index contributed by atoms with van der Waals surface area (Å²) in [6, 6.07) is 2.55. The molecule has 1 unspecified atom stereocenters. The molecule has 4 nitrogen and oxygen atoms in total. The highest BCUT2D eigenvalue weighted by Crippen LogP contribution is 2.24. The van der Waals surface area contributed by atoms with Crippen LogP contribution in [0.3, 0.4) is 0 Å². The number of nitrogens with zero attached hydrogens (tertiary/aromatic N) is 1. The number of carbonyl (C=O) groups excluding carboxylic acids is 2. The molecule has 0 aromatic heterocycles. The molecule has 1 aromatic carbocycles. The molecule has 1 fully saturated rings. The number of esters is 1. The lowest BCUT2D eigenvalue weighted by atomic mass is 10.0. The molecule has 0 bridgehead atoms. The summed E-state index contributed by atoms with van der Waals surface area (Å²) in [7, 11) is 0. The highest BCUT2D eigenvalue weighted by Gasteiger charge is 2.37. The van der Waals surface area contributed by atoms with Crippen LogP contribution >= 0.6 is 0 Å². The van der Waals surface area contributed by atoms with Crippen LogP contribution in [0.1, 0.15) is 114 Å². The quantitative estimate of drug-likeness (QED) is 0.191. The van der Waals surface area contributed by atoms with Crippen molar-refractivity contribution < 1.29 is 23.1 Å². The Hall–Kier alpha value is -1.98. The predicted octanol–water partition coefficient (Wildman–Crippen LogP) is 7.20. The lowest BCUT2D eigenvalue weighted by molar-refractivity contribution is -0.148. The Balaban J connectivity index is 1.56. The van der Waals surface area contributed by atoms with Crippen LogP contribution in [-0.4, -0.2) is 36.0 Å².